The van der Waals surface area contributed by atoms with E-state index in [2.05, 4.69) is 29.3 Å². The fraction of sp³-hybridized carbons (Fsp3) is 0.545. The largest absolute Gasteiger partial charge is 0.341 e. The van der Waals surface area contributed by atoms with E-state index in [0.29, 0.717) is 0 Å². The molecule has 1 unspecified atom stereocenters. The molecule has 0 spiro atoms. The third-order valence-electron chi connectivity index (χ3n) is 3.01. The van der Waals surface area contributed by atoms with Crippen LogP contribution < -0.4 is 0 Å². The molecule has 0 saturated carbocycles. The molecular formula is C11H14N2. The maximum atomic E-state index is 7.03. The fourth-order valence-corrected chi connectivity index (χ4v) is 2.04. The van der Waals surface area contributed by atoms with E-state index in [-0.39, 0.29) is 6.04 Å². The number of hydrogen-bond acceptors (Lipinski definition) is 0. The predicted octanol–water partition coefficient (Wildman–Crippen LogP) is 2.34. The lowest BCUT2D eigenvalue weighted by molar-refractivity contribution is 0.497. The molecule has 1 atom stereocenters. The Morgan fingerprint density at radius 1 is 1.54 bits per heavy atom. The summed E-state index contributed by atoms with van der Waals surface area (Å²) in [6.07, 6.45) is 2.11. The van der Waals surface area contributed by atoms with Crippen molar-refractivity contribution in [2.24, 2.45) is 0 Å². The van der Waals surface area contributed by atoms with Gasteiger partial charge in [-0.15, -0.1) is 0 Å². The average molecular weight is 174 g/mol. The summed E-state index contributed by atoms with van der Waals surface area (Å²) in [4.78, 5) is 3.63. The lowest BCUT2D eigenvalue weighted by Gasteiger charge is -2.18. The first-order valence-electron chi connectivity index (χ1n) is 4.74. The van der Waals surface area contributed by atoms with Crippen LogP contribution in [-0.2, 0) is 13.0 Å². The first-order valence-corrected chi connectivity index (χ1v) is 4.74. The molecule has 1 aliphatic rings. The number of aromatic nitrogens is 1. The first-order chi connectivity index (χ1) is 6.22. The molecule has 0 bridgehead atoms. The van der Waals surface area contributed by atoms with Gasteiger partial charge in [-0.2, -0.15) is 0 Å². The molecule has 0 saturated heterocycles. The van der Waals surface area contributed by atoms with Gasteiger partial charge >= 0.3 is 0 Å². The molecule has 2 heteroatoms. The van der Waals surface area contributed by atoms with Gasteiger partial charge in [-0.25, -0.2) is 6.57 Å². The van der Waals surface area contributed by atoms with Gasteiger partial charge in [0, 0.05) is 17.8 Å². The van der Waals surface area contributed by atoms with Crippen LogP contribution in [0.25, 0.3) is 4.85 Å². The SMILES string of the molecule is [C-]#[N+]C1CCc2cc(C)c(C)n2C1. The van der Waals surface area contributed by atoms with Gasteiger partial charge in [-0.05, 0) is 31.9 Å². The van der Waals surface area contributed by atoms with Crippen molar-refractivity contribution in [1.29, 1.82) is 0 Å². The highest BCUT2D eigenvalue weighted by Gasteiger charge is 2.23. The molecule has 2 heterocycles. The van der Waals surface area contributed by atoms with Gasteiger partial charge < -0.3 is 9.41 Å². The van der Waals surface area contributed by atoms with Crippen molar-refractivity contribution in [1.82, 2.24) is 4.57 Å². The molecule has 0 fully saturated rings. The van der Waals surface area contributed by atoms with E-state index in [1.807, 2.05) is 0 Å². The number of hydrogen-bond donors (Lipinski definition) is 0. The highest BCUT2D eigenvalue weighted by atomic mass is 15.0. The van der Waals surface area contributed by atoms with E-state index in [9.17, 15) is 0 Å². The van der Waals surface area contributed by atoms with Crippen molar-refractivity contribution in [2.75, 3.05) is 0 Å². The second-order valence-electron chi connectivity index (χ2n) is 3.84. The Bertz CT molecular complexity index is 368. The molecule has 1 aromatic heterocycles. The normalized spacial score (nSPS) is 20.8. The zero-order valence-electron chi connectivity index (χ0n) is 8.17. The smallest absolute Gasteiger partial charge is 0.241 e. The standard InChI is InChI=1S/C11H14N2/c1-8-6-11-5-4-10(12-3)7-13(11)9(8)2/h6,10H,4-5,7H2,1-2H3. The van der Waals surface area contributed by atoms with Crippen LogP contribution in [0.15, 0.2) is 6.07 Å². The van der Waals surface area contributed by atoms with Gasteiger partial charge in [-0.1, -0.05) is 0 Å². The van der Waals surface area contributed by atoms with Crippen molar-refractivity contribution in [3.8, 4) is 0 Å². The summed E-state index contributed by atoms with van der Waals surface area (Å²) >= 11 is 0. The molecule has 0 amide bonds. The highest BCUT2D eigenvalue weighted by molar-refractivity contribution is 5.27. The molecule has 0 aliphatic carbocycles. The second kappa shape index (κ2) is 2.92. The topological polar surface area (TPSA) is 9.29 Å². The van der Waals surface area contributed by atoms with Gasteiger partial charge in [0.25, 0.3) is 0 Å². The van der Waals surface area contributed by atoms with Crippen LogP contribution in [0.4, 0.5) is 0 Å². The summed E-state index contributed by atoms with van der Waals surface area (Å²) < 4.78 is 2.31. The zero-order valence-corrected chi connectivity index (χ0v) is 8.17. The molecule has 2 rings (SSSR count). The number of aryl methyl sites for hydroxylation is 2. The molecule has 0 aromatic carbocycles. The van der Waals surface area contributed by atoms with Crippen LogP contribution in [-0.4, -0.2) is 10.6 Å². The second-order valence-corrected chi connectivity index (χ2v) is 3.84. The van der Waals surface area contributed by atoms with Crippen LogP contribution in [0, 0.1) is 20.4 Å². The molecule has 2 nitrogen and oxygen atoms in total. The summed E-state index contributed by atoms with van der Waals surface area (Å²) in [6, 6.07) is 2.47. The predicted molar refractivity (Wildman–Crippen MR) is 52.6 cm³/mol. The number of nitrogens with zero attached hydrogens (tertiary/aromatic N) is 2. The van der Waals surface area contributed by atoms with Gasteiger partial charge in [0.2, 0.25) is 6.04 Å². The summed E-state index contributed by atoms with van der Waals surface area (Å²) in [6.45, 7) is 12.2. The zero-order chi connectivity index (χ0) is 9.42. The summed E-state index contributed by atoms with van der Waals surface area (Å²) in [5.74, 6) is 0. The van der Waals surface area contributed by atoms with Gasteiger partial charge in [0.15, 0.2) is 0 Å². The van der Waals surface area contributed by atoms with E-state index < -0.39 is 0 Å². The van der Waals surface area contributed by atoms with Crippen LogP contribution in [0.5, 0.6) is 0 Å². The summed E-state index contributed by atoms with van der Waals surface area (Å²) in [7, 11) is 0. The molecule has 1 aromatic rings. The van der Waals surface area contributed by atoms with Crippen molar-refractivity contribution in [3.05, 3.63) is 34.4 Å². The van der Waals surface area contributed by atoms with Crippen LogP contribution in [0.2, 0.25) is 0 Å². The first kappa shape index (κ1) is 8.37. The van der Waals surface area contributed by atoms with E-state index >= 15 is 0 Å². The molecule has 0 N–H and O–H groups in total. The van der Waals surface area contributed by atoms with Crippen molar-refractivity contribution in [2.45, 2.75) is 39.3 Å². The maximum absolute atomic E-state index is 7.03. The third-order valence-corrected chi connectivity index (χ3v) is 3.01. The van der Waals surface area contributed by atoms with Gasteiger partial charge in [-0.3, -0.25) is 0 Å². The van der Waals surface area contributed by atoms with Crippen LogP contribution >= 0.6 is 0 Å². The van der Waals surface area contributed by atoms with E-state index in [1.165, 1.54) is 17.0 Å². The van der Waals surface area contributed by atoms with Crippen LogP contribution in [0.1, 0.15) is 23.4 Å². The minimum atomic E-state index is 0.206. The monoisotopic (exact) mass is 174 g/mol. The summed E-state index contributed by atoms with van der Waals surface area (Å²) in [5, 5.41) is 0. The minimum absolute atomic E-state index is 0.206. The Hall–Kier alpha value is -1.23. The molecule has 0 radical (unpaired) electrons. The van der Waals surface area contributed by atoms with E-state index in [0.717, 1.165) is 19.4 Å². The summed E-state index contributed by atoms with van der Waals surface area (Å²) in [5.41, 5.74) is 4.11. The lowest BCUT2D eigenvalue weighted by Crippen LogP contribution is -2.22. The van der Waals surface area contributed by atoms with Gasteiger partial charge in [0.05, 0.1) is 6.54 Å². The molecule has 13 heavy (non-hydrogen) atoms. The van der Waals surface area contributed by atoms with Crippen LogP contribution in [0.3, 0.4) is 0 Å². The third kappa shape index (κ3) is 1.25. The molecule has 68 valence electrons. The maximum Gasteiger partial charge on any atom is 0.241 e. The highest BCUT2D eigenvalue weighted by Crippen LogP contribution is 2.23. The Kier molecular flexibility index (Phi) is 1.88. The Labute approximate surface area is 79.0 Å². The lowest BCUT2D eigenvalue weighted by atomic mass is 10.1. The minimum Gasteiger partial charge on any atom is -0.341 e. The Balaban J connectivity index is 2.39. The Morgan fingerprint density at radius 2 is 2.31 bits per heavy atom. The Morgan fingerprint density at radius 3 is 3.00 bits per heavy atom. The van der Waals surface area contributed by atoms with Gasteiger partial charge in [0.1, 0.15) is 0 Å². The number of rotatable bonds is 0. The van der Waals surface area contributed by atoms with E-state index in [1.54, 1.807) is 0 Å². The molecule has 1 aliphatic heterocycles. The van der Waals surface area contributed by atoms with Crippen molar-refractivity contribution < 1.29 is 0 Å². The molecular weight excluding hydrogens is 160 g/mol. The average Bonchev–Trinajstić information content (AvgIpc) is 2.43. The number of fused-ring (bicyclic) bond motifs is 1. The van der Waals surface area contributed by atoms with Crippen molar-refractivity contribution in [3.63, 3.8) is 0 Å². The van der Waals surface area contributed by atoms with E-state index in [4.69, 9.17) is 6.57 Å². The van der Waals surface area contributed by atoms with Crippen molar-refractivity contribution >= 4 is 0 Å². The quantitative estimate of drug-likeness (QED) is 0.534. The fourth-order valence-electron chi connectivity index (χ4n) is 2.04.